The number of aryl methyl sites for hydroxylation is 1. The first-order chi connectivity index (χ1) is 16.5. The standard InChI is InChI=1S/C24H33N3O6S2/c1-5-33-23-13-12-22(15-18(23)2)35(31,32)27-14-6-7-20(17-27)24(28)25-16-19-8-10-21(11-9-19)34(29,30)26(3)4/h8-13,15,20H,5-7,14,16-17H2,1-4H3,(H,25,28)/t20-/m0/s1. The minimum absolute atomic E-state index is 0.112. The molecule has 192 valence electrons. The van der Waals surface area contributed by atoms with E-state index in [4.69, 9.17) is 4.74 Å². The van der Waals surface area contributed by atoms with Crippen molar-refractivity contribution < 1.29 is 26.4 Å². The molecule has 35 heavy (non-hydrogen) atoms. The Morgan fingerprint density at radius 1 is 1.09 bits per heavy atom. The molecule has 2 aromatic rings. The number of nitrogens with zero attached hydrogens (tertiary/aromatic N) is 2. The van der Waals surface area contributed by atoms with E-state index in [0.717, 1.165) is 15.4 Å². The van der Waals surface area contributed by atoms with Crippen molar-refractivity contribution in [3.63, 3.8) is 0 Å². The van der Waals surface area contributed by atoms with Gasteiger partial charge < -0.3 is 10.1 Å². The van der Waals surface area contributed by atoms with Crippen LogP contribution in [0.15, 0.2) is 52.3 Å². The average molecular weight is 524 g/mol. The van der Waals surface area contributed by atoms with Crippen LogP contribution in [0.2, 0.25) is 0 Å². The maximum Gasteiger partial charge on any atom is 0.243 e. The van der Waals surface area contributed by atoms with Gasteiger partial charge in [0, 0.05) is 33.7 Å². The predicted molar refractivity (Wildman–Crippen MR) is 133 cm³/mol. The lowest BCUT2D eigenvalue weighted by Crippen LogP contribution is -2.45. The largest absolute Gasteiger partial charge is 0.494 e. The van der Waals surface area contributed by atoms with Crippen molar-refractivity contribution in [2.75, 3.05) is 33.8 Å². The quantitative estimate of drug-likeness (QED) is 0.540. The summed E-state index contributed by atoms with van der Waals surface area (Å²) in [6, 6.07) is 11.1. The minimum atomic E-state index is -3.74. The second-order valence-corrected chi connectivity index (χ2v) is 12.8. The van der Waals surface area contributed by atoms with E-state index in [9.17, 15) is 21.6 Å². The molecule has 3 rings (SSSR count). The molecule has 1 fully saturated rings. The number of piperidine rings is 1. The smallest absolute Gasteiger partial charge is 0.243 e. The van der Waals surface area contributed by atoms with Crippen LogP contribution in [0.25, 0.3) is 0 Å². The average Bonchev–Trinajstić information content (AvgIpc) is 2.84. The molecule has 0 radical (unpaired) electrons. The van der Waals surface area contributed by atoms with Crippen LogP contribution in [0.3, 0.4) is 0 Å². The Hall–Kier alpha value is -2.47. The lowest BCUT2D eigenvalue weighted by Gasteiger charge is -2.31. The number of carbonyl (C=O) groups is 1. The molecule has 0 spiro atoms. The van der Waals surface area contributed by atoms with Gasteiger partial charge in [0.2, 0.25) is 26.0 Å². The molecule has 0 bridgehead atoms. The Kier molecular flexibility index (Phi) is 8.58. The van der Waals surface area contributed by atoms with E-state index < -0.39 is 26.0 Å². The first-order valence-corrected chi connectivity index (χ1v) is 14.4. The molecule has 0 unspecified atom stereocenters. The van der Waals surface area contributed by atoms with Gasteiger partial charge in [0.15, 0.2) is 0 Å². The van der Waals surface area contributed by atoms with E-state index in [-0.39, 0.29) is 28.8 Å². The van der Waals surface area contributed by atoms with Crippen molar-refractivity contribution in [2.45, 2.75) is 43.0 Å². The van der Waals surface area contributed by atoms with Crippen molar-refractivity contribution in [3.05, 3.63) is 53.6 Å². The lowest BCUT2D eigenvalue weighted by atomic mass is 9.99. The maximum atomic E-state index is 13.2. The molecule has 0 aliphatic carbocycles. The number of nitrogens with one attached hydrogen (secondary N) is 1. The topological polar surface area (TPSA) is 113 Å². The van der Waals surface area contributed by atoms with Crippen LogP contribution < -0.4 is 10.1 Å². The molecule has 1 amide bonds. The summed E-state index contributed by atoms with van der Waals surface area (Å²) < 4.78 is 58.8. The molecule has 0 aromatic heterocycles. The Balaban J connectivity index is 1.63. The van der Waals surface area contributed by atoms with Crippen LogP contribution in [0.5, 0.6) is 5.75 Å². The van der Waals surface area contributed by atoms with Gasteiger partial charge in [-0.15, -0.1) is 0 Å². The highest BCUT2D eigenvalue weighted by Crippen LogP contribution is 2.27. The van der Waals surface area contributed by atoms with Crippen LogP contribution in [-0.4, -0.2) is 65.1 Å². The number of carbonyl (C=O) groups excluding carboxylic acids is 1. The third-order valence-corrected chi connectivity index (χ3v) is 9.70. The van der Waals surface area contributed by atoms with Gasteiger partial charge in [0.05, 0.1) is 22.3 Å². The summed E-state index contributed by atoms with van der Waals surface area (Å²) in [4.78, 5) is 13.2. The number of sulfonamides is 2. The van der Waals surface area contributed by atoms with Crippen LogP contribution in [-0.2, 0) is 31.4 Å². The fourth-order valence-corrected chi connectivity index (χ4v) is 6.46. The molecule has 1 heterocycles. The zero-order valence-corrected chi connectivity index (χ0v) is 22.2. The number of ether oxygens (including phenoxy) is 1. The zero-order valence-electron chi connectivity index (χ0n) is 20.5. The number of hydrogen-bond donors (Lipinski definition) is 1. The summed E-state index contributed by atoms with van der Waals surface area (Å²) in [5, 5.41) is 2.86. The van der Waals surface area contributed by atoms with E-state index in [1.54, 1.807) is 31.2 Å². The number of rotatable bonds is 9. The van der Waals surface area contributed by atoms with E-state index in [1.807, 2.05) is 6.92 Å². The molecule has 1 aliphatic rings. The molecular weight excluding hydrogens is 490 g/mol. The summed E-state index contributed by atoms with van der Waals surface area (Å²) in [5.74, 6) is -0.0387. The van der Waals surface area contributed by atoms with Crippen molar-refractivity contribution in [1.29, 1.82) is 0 Å². The normalized spacial score (nSPS) is 17.3. The summed E-state index contributed by atoms with van der Waals surface area (Å²) in [7, 11) is -4.32. The maximum absolute atomic E-state index is 13.2. The third kappa shape index (κ3) is 6.21. The Morgan fingerprint density at radius 3 is 2.34 bits per heavy atom. The van der Waals surface area contributed by atoms with E-state index >= 15 is 0 Å². The SMILES string of the molecule is CCOc1ccc(S(=O)(=O)N2CCC[C@H](C(=O)NCc3ccc(S(=O)(=O)N(C)C)cc3)C2)cc1C. The number of amides is 1. The predicted octanol–water partition coefficient (Wildman–Crippen LogP) is 2.36. The fourth-order valence-electron chi connectivity index (χ4n) is 3.95. The Labute approximate surface area is 208 Å². The van der Waals surface area contributed by atoms with E-state index in [2.05, 4.69) is 5.32 Å². The summed E-state index contributed by atoms with van der Waals surface area (Å²) in [5.41, 5.74) is 1.49. The van der Waals surface area contributed by atoms with E-state index in [0.29, 0.717) is 31.7 Å². The first-order valence-electron chi connectivity index (χ1n) is 11.5. The highest BCUT2D eigenvalue weighted by Gasteiger charge is 2.33. The molecule has 11 heteroatoms. The second-order valence-electron chi connectivity index (χ2n) is 8.71. The van der Waals surface area contributed by atoms with Gasteiger partial charge >= 0.3 is 0 Å². The van der Waals surface area contributed by atoms with Gasteiger partial charge in [-0.05, 0) is 68.1 Å². The van der Waals surface area contributed by atoms with E-state index in [1.165, 1.54) is 36.6 Å². The van der Waals surface area contributed by atoms with Crippen molar-refractivity contribution in [3.8, 4) is 5.75 Å². The van der Waals surface area contributed by atoms with Crippen molar-refractivity contribution in [2.24, 2.45) is 5.92 Å². The van der Waals surface area contributed by atoms with Crippen molar-refractivity contribution >= 4 is 26.0 Å². The van der Waals surface area contributed by atoms with Crippen LogP contribution in [0.1, 0.15) is 30.9 Å². The first kappa shape index (κ1) is 27.1. The number of hydrogen-bond acceptors (Lipinski definition) is 6. The molecule has 1 aliphatic heterocycles. The molecule has 1 saturated heterocycles. The number of benzene rings is 2. The highest BCUT2D eigenvalue weighted by atomic mass is 32.2. The molecule has 0 saturated carbocycles. The van der Waals surface area contributed by atoms with Gasteiger partial charge in [0.1, 0.15) is 5.75 Å². The Bertz CT molecular complexity index is 1260. The molecular formula is C24H33N3O6S2. The van der Waals surface area contributed by atoms with Crippen LogP contribution in [0, 0.1) is 12.8 Å². The molecule has 1 N–H and O–H groups in total. The Morgan fingerprint density at radius 2 is 1.74 bits per heavy atom. The highest BCUT2D eigenvalue weighted by molar-refractivity contribution is 7.89. The van der Waals surface area contributed by atoms with Crippen LogP contribution in [0.4, 0.5) is 0 Å². The minimum Gasteiger partial charge on any atom is -0.494 e. The molecule has 2 aromatic carbocycles. The van der Waals surface area contributed by atoms with Gasteiger partial charge in [0.25, 0.3) is 0 Å². The monoisotopic (exact) mass is 523 g/mol. The summed E-state index contributed by atoms with van der Waals surface area (Å²) in [6.45, 7) is 4.87. The second kappa shape index (κ2) is 11.1. The summed E-state index contributed by atoms with van der Waals surface area (Å²) >= 11 is 0. The van der Waals surface area contributed by atoms with Crippen LogP contribution >= 0.6 is 0 Å². The summed E-state index contributed by atoms with van der Waals surface area (Å²) in [6.07, 6.45) is 1.19. The fraction of sp³-hybridized carbons (Fsp3) is 0.458. The molecule has 9 nitrogen and oxygen atoms in total. The van der Waals surface area contributed by atoms with Gasteiger partial charge in [-0.25, -0.2) is 21.1 Å². The van der Waals surface area contributed by atoms with Crippen molar-refractivity contribution in [1.82, 2.24) is 13.9 Å². The third-order valence-electron chi connectivity index (χ3n) is 6.01. The lowest BCUT2D eigenvalue weighted by molar-refractivity contribution is -0.126. The van der Waals surface area contributed by atoms with Gasteiger partial charge in [-0.3, -0.25) is 4.79 Å². The van der Waals surface area contributed by atoms with Gasteiger partial charge in [-0.2, -0.15) is 4.31 Å². The molecule has 1 atom stereocenters. The van der Waals surface area contributed by atoms with Gasteiger partial charge in [-0.1, -0.05) is 12.1 Å². The zero-order chi connectivity index (χ0) is 25.8.